The first-order valence-electron chi connectivity index (χ1n) is 37.2. The Kier molecular flexibility index (Phi) is 20.2. The fourth-order valence-electron chi connectivity index (χ4n) is 16.0. The molecule has 6 aliphatic heterocycles. The third-order valence-electron chi connectivity index (χ3n) is 21.3. The van der Waals surface area contributed by atoms with Gasteiger partial charge in [-0.15, -0.1) is 0 Å². The van der Waals surface area contributed by atoms with Crippen molar-refractivity contribution in [3.63, 3.8) is 0 Å². The summed E-state index contributed by atoms with van der Waals surface area (Å²) < 4.78 is 0. The van der Waals surface area contributed by atoms with Crippen LogP contribution in [0, 0.1) is 0 Å². The van der Waals surface area contributed by atoms with Crippen molar-refractivity contribution in [2.45, 2.75) is 160 Å². The monoisotopic (exact) mass is 1310 g/mol. The molecule has 0 radical (unpaired) electrons. The van der Waals surface area contributed by atoms with Gasteiger partial charge in [-0.25, -0.2) is 0 Å². The predicted octanol–water partition coefficient (Wildman–Crippen LogP) is 17.3. The van der Waals surface area contributed by atoms with Crippen LogP contribution in [0.25, 0.3) is 33.4 Å². The van der Waals surface area contributed by atoms with Crippen LogP contribution < -0.4 is 31.5 Å². The van der Waals surface area contributed by atoms with Crippen molar-refractivity contribution >= 4 is 45.3 Å². The topological polar surface area (TPSA) is 89.8 Å². The van der Waals surface area contributed by atoms with Gasteiger partial charge in [-0.1, -0.05) is 241 Å². The molecule has 8 aromatic carbocycles. The number of benzene rings is 8. The second kappa shape index (κ2) is 29.6. The molecule has 0 aliphatic carbocycles. The Balaban J connectivity index is 1.22. The zero-order chi connectivity index (χ0) is 69.9. The second-order valence-electron chi connectivity index (χ2n) is 27.0. The molecule has 8 heterocycles. The van der Waals surface area contributed by atoms with Gasteiger partial charge in [-0.3, -0.25) is 9.59 Å². The van der Waals surface area contributed by atoms with Crippen LogP contribution >= 0.6 is 0 Å². The summed E-state index contributed by atoms with van der Waals surface area (Å²) in [4.78, 5) is 39.4. The maximum atomic E-state index is 15.6. The lowest BCUT2D eigenvalue weighted by atomic mass is 9.85. The van der Waals surface area contributed by atoms with Crippen LogP contribution in [-0.4, -0.2) is 21.8 Å². The third kappa shape index (κ3) is 12.7. The van der Waals surface area contributed by atoms with Crippen LogP contribution in [0.3, 0.4) is 0 Å². The summed E-state index contributed by atoms with van der Waals surface area (Å²) in [5.41, 5.74) is 34.2. The van der Waals surface area contributed by atoms with E-state index >= 15 is 9.59 Å². The van der Waals surface area contributed by atoms with E-state index in [9.17, 15) is 0 Å². The van der Waals surface area contributed by atoms with Crippen LogP contribution in [-0.2, 0) is 86.6 Å². The van der Waals surface area contributed by atoms with Crippen LogP contribution in [0.15, 0.2) is 217 Å². The van der Waals surface area contributed by atoms with Crippen LogP contribution in [0.5, 0.6) is 0 Å². The molecule has 0 unspecified atom stereocenters. The number of amides is 2. The molecule has 2 amide bonds. The molecule has 12 bridgehead atoms. The number of aromatic nitrogens is 2. The largest absolute Gasteiger partial charge is 0.354 e. The van der Waals surface area contributed by atoms with E-state index < -0.39 is 0 Å². The molecule has 0 saturated heterocycles. The Bertz CT molecular complexity index is 4810. The predicted molar refractivity (Wildman–Crippen MR) is 417 cm³/mol. The lowest BCUT2D eigenvalue weighted by molar-refractivity contribution is -0.116. The Labute approximate surface area is 592 Å². The minimum atomic E-state index is -0.152. The summed E-state index contributed by atoms with van der Waals surface area (Å²) in [6.07, 6.45) is 14.6. The number of carbonyl (C=O) groups is 2. The highest BCUT2D eigenvalue weighted by atomic mass is 16.2. The summed E-state index contributed by atoms with van der Waals surface area (Å²) in [7, 11) is 0. The zero-order valence-electron chi connectivity index (χ0n) is 60.8. The van der Waals surface area contributed by atoms with E-state index in [0.717, 1.165) is 188 Å². The van der Waals surface area contributed by atoms with Crippen LogP contribution in [0.2, 0.25) is 0 Å². The van der Waals surface area contributed by atoms with E-state index in [4.69, 9.17) is 0 Å². The molecular formula is C94H96N4O2. The van der Waals surface area contributed by atoms with E-state index in [0.29, 0.717) is 11.1 Å². The smallest absolute Gasteiger partial charge is 0.256 e. The summed E-state index contributed by atoms with van der Waals surface area (Å²) in [6.45, 7) is 27.1. The quantitative estimate of drug-likeness (QED) is 0.0690. The zero-order valence-corrected chi connectivity index (χ0v) is 60.8. The molecule has 6 heteroatoms. The molecule has 504 valence electrons. The number of H-pyrrole nitrogens is 2. The summed E-state index contributed by atoms with van der Waals surface area (Å²) >= 11 is 0. The van der Waals surface area contributed by atoms with Crippen molar-refractivity contribution in [3.8, 4) is 0 Å². The van der Waals surface area contributed by atoms with Gasteiger partial charge in [0.1, 0.15) is 0 Å². The Morgan fingerprint density at radius 2 is 0.480 bits per heavy atom. The Morgan fingerprint density at radius 1 is 0.250 bits per heavy atom. The summed E-state index contributed by atoms with van der Waals surface area (Å²) in [5.74, 6) is -0.304. The standard InChI is InChI=1S/C94H96N4O2/c1-13-57-47-61(17-5)83(62(18-6)48-57)89-71-35-39-73(40-36-71)91(85-65(21-9)51-59(15-3)52-66(85)22-10)81-56-76(94(100)97-81)88(70-33-29-26-30-34-70)78-44-46-80(96-78)90(84-63(19-7)49-58(14-2)50-64(84)20-8)72-37-41-74(42-38-72)92(86-67(23-11)53-60(16-4)54-68(86)24-12)82-55-75(93(99)98-82)87(69-31-27-25-28-32-69)77-43-45-79(89)95-77/h25-56,95-96H,13-24H2,1-12H3,(H,97,100)(H,98,99). The average Bonchev–Trinajstić information content (AvgIpc) is 1.16. The van der Waals surface area contributed by atoms with Gasteiger partial charge in [0.2, 0.25) is 0 Å². The van der Waals surface area contributed by atoms with Gasteiger partial charge in [0.05, 0.1) is 22.5 Å². The van der Waals surface area contributed by atoms with Gasteiger partial charge >= 0.3 is 0 Å². The SMILES string of the molecule is CCc1cc(CC)c(C2=c3ccc(cc3)=C(c3c(CC)cc(CC)cc3CC)c3ccc([nH]3)C(c3ccccc3)=C3C=C(NC3=O)C(c3c(CC)cc(CC)cc3CC)=c3ccc(cc3)=C(c3c(CC)cc(CC)cc3CC)c3ccc([nH]3)C(c3ccccc3)=C3C=C2NC3=O)c(CC)c1. The molecule has 6 nitrogen and oxygen atoms in total. The van der Waals surface area contributed by atoms with Crippen molar-refractivity contribution in [1.29, 1.82) is 0 Å². The molecule has 0 atom stereocenters. The fourth-order valence-corrected chi connectivity index (χ4v) is 16.0. The molecule has 16 rings (SSSR count). The summed E-state index contributed by atoms with van der Waals surface area (Å²) in [6, 6.07) is 67.1. The molecule has 100 heavy (non-hydrogen) atoms. The van der Waals surface area contributed by atoms with Gasteiger partial charge in [-0.2, -0.15) is 0 Å². The molecule has 0 fully saturated rings. The number of aryl methyl sites for hydroxylation is 12. The van der Waals surface area contributed by atoms with Crippen molar-refractivity contribution in [3.05, 3.63) is 360 Å². The highest BCUT2D eigenvalue weighted by Crippen LogP contribution is 2.41. The molecule has 10 aromatic rings. The molecule has 4 N–H and O–H groups in total. The number of nitrogens with one attached hydrogen (secondary N) is 4. The maximum Gasteiger partial charge on any atom is 0.256 e. The fraction of sp³-hybridized carbons (Fsp3) is 0.255. The van der Waals surface area contributed by atoms with Crippen LogP contribution in [0.4, 0.5) is 0 Å². The van der Waals surface area contributed by atoms with Gasteiger partial charge in [0.15, 0.2) is 0 Å². The average molecular weight is 1310 g/mol. The van der Waals surface area contributed by atoms with Crippen molar-refractivity contribution < 1.29 is 9.59 Å². The molecule has 0 spiro atoms. The van der Waals surface area contributed by atoms with Gasteiger partial charge < -0.3 is 20.6 Å². The highest BCUT2D eigenvalue weighted by molar-refractivity contribution is 6.14. The first-order valence-corrected chi connectivity index (χ1v) is 37.2. The van der Waals surface area contributed by atoms with Gasteiger partial charge in [0, 0.05) is 56.2 Å². The molecular weight excluding hydrogens is 1220 g/mol. The molecule has 2 aromatic heterocycles. The molecule has 0 saturated carbocycles. The number of rotatable bonds is 18. The Morgan fingerprint density at radius 3 is 0.720 bits per heavy atom. The van der Waals surface area contributed by atoms with E-state index in [-0.39, 0.29) is 11.8 Å². The van der Waals surface area contributed by atoms with Crippen molar-refractivity contribution in [2.24, 2.45) is 0 Å². The summed E-state index contributed by atoms with van der Waals surface area (Å²) in [5, 5.41) is 11.2. The minimum absolute atomic E-state index is 0.152. The van der Waals surface area contributed by atoms with Gasteiger partial charge in [0.25, 0.3) is 11.8 Å². The van der Waals surface area contributed by atoms with E-state index in [1.165, 1.54) is 77.9 Å². The van der Waals surface area contributed by atoms with Crippen molar-refractivity contribution in [2.75, 3.05) is 0 Å². The maximum absolute atomic E-state index is 15.6. The Hall–Kier alpha value is -10.3. The number of hydrogen-bond donors (Lipinski definition) is 4. The lowest BCUT2D eigenvalue weighted by Crippen LogP contribution is -2.24. The lowest BCUT2D eigenvalue weighted by Gasteiger charge is -2.20. The van der Waals surface area contributed by atoms with Crippen molar-refractivity contribution in [1.82, 2.24) is 20.6 Å². The highest BCUT2D eigenvalue weighted by Gasteiger charge is 2.32. The number of aromatic amines is 2. The van der Waals surface area contributed by atoms with Gasteiger partial charge in [-0.05, 0) is 234 Å². The normalized spacial score (nSPS) is 14.0. The minimum Gasteiger partial charge on any atom is -0.354 e. The van der Waals surface area contributed by atoms with E-state index in [2.05, 4.69) is 286 Å². The second-order valence-corrected chi connectivity index (χ2v) is 27.0. The number of allylic oxidation sites excluding steroid dienone is 2. The first kappa shape index (κ1) is 68.2. The van der Waals surface area contributed by atoms with Crippen LogP contribution in [0.1, 0.15) is 206 Å². The van der Waals surface area contributed by atoms with E-state index in [1.807, 2.05) is 12.1 Å². The third-order valence-corrected chi connectivity index (χ3v) is 21.3. The first-order chi connectivity index (χ1) is 48.8. The molecule has 6 aliphatic rings. The van der Waals surface area contributed by atoms with E-state index in [1.54, 1.807) is 0 Å². The number of hydrogen-bond acceptors (Lipinski definition) is 2. The number of carbonyl (C=O) groups excluding carboxylic acids is 2.